The third kappa shape index (κ3) is 4.15. The Morgan fingerprint density at radius 1 is 1.29 bits per heavy atom. The van der Waals surface area contributed by atoms with Crippen molar-refractivity contribution in [1.82, 2.24) is 4.90 Å². The molecule has 0 radical (unpaired) electrons. The lowest BCUT2D eigenvalue weighted by atomic mass is 10.1. The van der Waals surface area contributed by atoms with Crippen molar-refractivity contribution in [3.63, 3.8) is 0 Å². The van der Waals surface area contributed by atoms with E-state index in [1.165, 1.54) is 5.56 Å². The molecule has 0 saturated carbocycles. The lowest BCUT2D eigenvalue weighted by molar-refractivity contribution is -0.132. The lowest BCUT2D eigenvalue weighted by Crippen LogP contribution is -2.40. The van der Waals surface area contributed by atoms with E-state index in [0.29, 0.717) is 6.54 Å². The molecule has 0 heterocycles. The van der Waals surface area contributed by atoms with Gasteiger partial charge in [0.1, 0.15) is 0 Å². The van der Waals surface area contributed by atoms with Crippen molar-refractivity contribution in [2.75, 3.05) is 0 Å². The molecule has 0 aliphatic rings. The Hall–Kier alpha value is -0.830. The molecule has 1 aromatic carbocycles. The fraction of sp³-hybridized carbons (Fsp3) is 0.500. The number of amides is 1. The van der Waals surface area contributed by atoms with Crippen molar-refractivity contribution < 1.29 is 4.79 Å². The van der Waals surface area contributed by atoms with Crippen LogP contribution in [0.5, 0.6) is 0 Å². The highest BCUT2D eigenvalue weighted by molar-refractivity contribution is 9.10. The summed E-state index contributed by atoms with van der Waals surface area (Å²) in [5.74, 6) is 0.173. The molecule has 1 aromatic rings. The van der Waals surface area contributed by atoms with Gasteiger partial charge in [-0.1, -0.05) is 53.2 Å². The molecule has 0 N–H and O–H groups in total. The van der Waals surface area contributed by atoms with Gasteiger partial charge in [-0.25, -0.2) is 0 Å². The Labute approximate surface area is 112 Å². The van der Waals surface area contributed by atoms with Gasteiger partial charge in [-0.15, -0.1) is 0 Å². The zero-order chi connectivity index (χ0) is 12.8. The maximum atomic E-state index is 12.2. The van der Waals surface area contributed by atoms with Crippen LogP contribution in [-0.4, -0.2) is 21.7 Å². The highest BCUT2D eigenvalue weighted by Gasteiger charge is 2.22. The van der Waals surface area contributed by atoms with Crippen LogP contribution in [0.1, 0.15) is 32.8 Å². The van der Waals surface area contributed by atoms with Crippen LogP contribution in [0, 0.1) is 0 Å². The van der Waals surface area contributed by atoms with Gasteiger partial charge in [0.25, 0.3) is 0 Å². The van der Waals surface area contributed by atoms with E-state index in [0.717, 1.165) is 6.42 Å². The summed E-state index contributed by atoms with van der Waals surface area (Å²) < 4.78 is 0. The molecule has 0 aliphatic heterocycles. The topological polar surface area (TPSA) is 20.3 Å². The number of benzene rings is 1. The first-order chi connectivity index (χ1) is 8.06. The first kappa shape index (κ1) is 14.2. The number of rotatable bonds is 5. The zero-order valence-electron chi connectivity index (χ0n) is 10.7. The van der Waals surface area contributed by atoms with E-state index in [-0.39, 0.29) is 16.8 Å². The molecule has 0 unspecified atom stereocenters. The Bertz CT molecular complexity index is 350. The molecule has 0 saturated heterocycles. The Morgan fingerprint density at radius 3 is 2.35 bits per heavy atom. The van der Waals surface area contributed by atoms with Crippen molar-refractivity contribution in [2.24, 2.45) is 0 Å². The summed E-state index contributed by atoms with van der Waals surface area (Å²) in [5.41, 5.74) is 1.17. The summed E-state index contributed by atoms with van der Waals surface area (Å²) in [6.45, 7) is 6.80. The second kappa shape index (κ2) is 6.80. The third-order valence-electron chi connectivity index (χ3n) is 2.73. The smallest absolute Gasteiger partial charge is 0.236 e. The number of hydrogen-bond donors (Lipinski definition) is 0. The molecule has 0 aromatic heterocycles. The van der Waals surface area contributed by atoms with E-state index in [9.17, 15) is 4.79 Å². The summed E-state index contributed by atoms with van der Waals surface area (Å²) >= 11 is 3.43. The molecule has 1 amide bonds. The summed E-state index contributed by atoms with van der Waals surface area (Å²) in [5, 5.41) is 0. The quantitative estimate of drug-likeness (QED) is 0.761. The van der Waals surface area contributed by atoms with E-state index in [1.54, 1.807) is 0 Å². The Morgan fingerprint density at radius 2 is 1.88 bits per heavy atom. The minimum Gasteiger partial charge on any atom is -0.335 e. The van der Waals surface area contributed by atoms with Gasteiger partial charge in [-0.3, -0.25) is 4.79 Å². The second-order valence-electron chi connectivity index (χ2n) is 4.42. The van der Waals surface area contributed by atoms with Crippen molar-refractivity contribution in [3.05, 3.63) is 35.9 Å². The number of nitrogens with zero attached hydrogens (tertiary/aromatic N) is 1. The van der Waals surface area contributed by atoms with Crippen molar-refractivity contribution in [2.45, 2.75) is 44.6 Å². The Kier molecular flexibility index (Phi) is 5.69. The van der Waals surface area contributed by atoms with Crippen molar-refractivity contribution >= 4 is 21.8 Å². The highest BCUT2D eigenvalue weighted by atomic mass is 79.9. The van der Waals surface area contributed by atoms with Gasteiger partial charge in [-0.05, 0) is 25.8 Å². The average Bonchev–Trinajstić information content (AvgIpc) is 2.35. The second-order valence-corrected chi connectivity index (χ2v) is 5.53. The maximum absolute atomic E-state index is 12.2. The van der Waals surface area contributed by atoms with Crippen LogP contribution < -0.4 is 0 Å². The van der Waals surface area contributed by atoms with E-state index in [2.05, 4.69) is 41.9 Å². The summed E-state index contributed by atoms with van der Waals surface area (Å²) in [6, 6.07) is 10.3. The highest BCUT2D eigenvalue weighted by Crippen LogP contribution is 2.15. The number of carbonyl (C=O) groups is 1. The van der Waals surface area contributed by atoms with Gasteiger partial charge in [0, 0.05) is 12.6 Å². The molecule has 0 spiro atoms. The first-order valence-corrected chi connectivity index (χ1v) is 6.96. The van der Waals surface area contributed by atoms with E-state index < -0.39 is 0 Å². The van der Waals surface area contributed by atoms with Crippen molar-refractivity contribution in [3.8, 4) is 0 Å². The largest absolute Gasteiger partial charge is 0.335 e. The minimum atomic E-state index is -0.0754. The molecule has 0 bridgehead atoms. The SMILES string of the molecule is CC[C@@H](Br)C(=O)N(Cc1ccccc1)C(C)C. The number of alkyl halides is 1. The number of halogens is 1. The van der Waals surface area contributed by atoms with E-state index >= 15 is 0 Å². The monoisotopic (exact) mass is 297 g/mol. The van der Waals surface area contributed by atoms with Gasteiger partial charge in [0.2, 0.25) is 5.91 Å². The summed E-state index contributed by atoms with van der Waals surface area (Å²) in [7, 11) is 0. The average molecular weight is 298 g/mol. The van der Waals surface area contributed by atoms with E-state index in [4.69, 9.17) is 0 Å². The molecule has 94 valence electrons. The van der Waals surface area contributed by atoms with E-state index in [1.807, 2.05) is 30.0 Å². The molecular formula is C14H20BrNO. The molecule has 3 heteroatoms. The Balaban J connectivity index is 2.77. The standard InChI is InChI=1S/C14H20BrNO/c1-4-13(15)14(17)16(11(2)3)10-12-8-6-5-7-9-12/h5-9,11,13H,4,10H2,1-3H3/t13-/m1/s1. The summed E-state index contributed by atoms with van der Waals surface area (Å²) in [4.78, 5) is 14.0. The zero-order valence-corrected chi connectivity index (χ0v) is 12.3. The van der Waals surface area contributed by atoms with Crippen LogP contribution in [0.25, 0.3) is 0 Å². The van der Waals surface area contributed by atoms with Gasteiger partial charge in [-0.2, -0.15) is 0 Å². The van der Waals surface area contributed by atoms with Crippen LogP contribution in [-0.2, 0) is 11.3 Å². The molecule has 1 atom stereocenters. The first-order valence-electron chi connectivity index (χ1n) is 6.04. The van der Waals surface area contributed by atoms with Crippen molar-refractivity contribution in [1.29, 1.82) is 0 Å². The van der Waals surface area contributed by atoms with Gasteiger partial charge < -0.3 is 4.90 Å². The molecule has 2 nitrogen and oxygen atoms in total. The normalized spacial score (nSPS) is 12.5. The maximum Gasteiger partial charge on any atom is 0.236 e. The van der Waals surface area contributed by atoms with Crippen LogP contribution in [0.2, 0.25) is 0 Å². The fourth-order valence-corrected chi connectivity index (χ4v) is 1.91. The number of carbonyl (C=O) groups excluding carboxylic acids is 1. The van der Waals surface area contributed by atoms with Crippen LogP contribution in [0.4, 0.5) is 0 Å². The predicted molar refractivity (Wildman–Crippen MR) is 75.1 cm³/mol. The van der Waals surface area contributed by atoms with Crippen LogP contribution in [0.3, 0.4) is 0 Å². The third-order valence-corrected chi connectivity index (χ3v) is 3.77. The predicted octanol–water partition coefficient (Wildman–Crippen LogP) is 3.60. The molecule has 17 heavy (non-hydrogen) atoms. The van der Waals surface area contributed by atoms with Gasteiger partial charge in [0.15, 0.2) is 0 Å². The molecule has 0 fully saturated rings. The van der Waals surface area contributed by atoms with Crippen LogP contribution in [0.15, 0.2) is 30.3 Å². The summed E-state index contributed by atoms with van der Waals surface area (Å²) in [6.07, 6.45) is 0.816. The van der Waals surface area contributed by atoms with Crippen LogP contribution >= 0.6 is 15.9 Å². The number of hydrogen-bond acceptors (Lipinski definition) is 1. The molecule has 0 aliphatic carbocycles. The van der Waals surface area contributed by atoms with Gasteiger partial charge >= 0.3 is 0 Å². The fourth-order valence-electron chi connectivity index (χ4n) is 1.65. The van der Waals surface area contributed by atoms with Gasteiger partial charge in [0.05, 0.1) is 4.83 Å². The lowest BCUT2D eigenvalue weighted by Gasteiger charge is -2.28. The minimum absolute atomic E-state index is 0.0754. The molecular weight excluding hydrogens is 278 g/mol. The molecule has 1 rings (SSSR count).